The topological polar surface area (TPSA) is 132 Å². The lowest BCUT2D eigenvalue weighted by Gasteiger charge is -2.33. The molecule has 2 atom stereocenters. The Morgan fingerprint density at radius 2 is 1.85 bits per heavy atom. The molecule has 0 saturated carbocycles. The molecule has 2 heterocycles. The first-order chi connectivity index (χ1) is 16.2. The van der Waals surface area contributed by atoms with Gasteiger partial charge in [-0.15, -0.1) is 0 Å². The van der Waals surface area contributed by atoms with E-state index in [4.69, 9.17) is 14.2 Å². The van der Waals surface area contributed by atoms with Crippen molar-refractivity contribution in [2.45, 2.75) is 32.4 Å². The number of hydrogen-bond donors (Lipinski definition) is 1. The van der Waals surface area contributed by atoms with Gasteiger partial charge in [0.1, 0.15) is 12.1 Å². The molecule has 3 amide bonds. The van der Waals surface area contributed by atoms with Crippen LogP contribution in [0, 0.1) is 0 Å². The Labute approximate surface area is 196 Å². The quantitative estimate of drug-likeness (QED) is 0.456. The smallest absolute Gasteiger partial charge is 0.414 e. The fraction of sp³-hybridized carbons (Fsp3) is 0.435. The summed E-state index contributed by atoms with van der Waals surface area (Å²) in [4.78, 5) is 61.9. The summed E-state index contributed by atoms with van der Waals surface area (Å²) in [5.74, 6) is -1.84. The van der Waals surface area contributed by atoms with Gasteiger partial charge in [-0.3, -0.25) is 19.3 Å². The zero-order chi connectivity index (χ0) is 24.8. The average molecular weight is 473 g/mol. The third-order valence-corrected chi connectivity index (χ3v) is 5.52. The molecule has 0 bridgehead atoms. The van der Waals surface area contributed by atoms with Crippen molar-refractivity contribution < 1.29 is 38.2 Å². The zero-order valence-corrected chi connectivity index (χ0v) is 19.2. The van der Waals surface area contributed by atoms with Crippen LogP contribution >= 0.6 is 0 Å². The van der Waals surface area contributed by atoms with Crippen LogP contribution < -0.4 is 10.2 Å². The number of ether oxygens (including phenoxy) is 3. The number of nitrogens with zero attached hydrogens (tertiary/aromatic N) is 2. The van der Waals surface area contributed by atoms with Crippen molar-refractivity contribution in [3.8, 4) is 0 Å². The molecular weight excluding hydrogens is 446 g/mol. The molecule has 11 heteroatoms. The number of carbonyl (C=O) groups excluding carboxylic acids is 5. The Bertz CT molecular complexity index is 1000. The largest absolute Gasteiger partial charge is 0.467 e. The van der Waals surface area contributed by atoms with Gasteiger partial charge in [0, 0.05) is 32.5 Å². The number of cyclic esters (lactones) is 1. The zero-order valence-electron chi connectivity index (χ0n) is 19.2. The SMILES string of the molecule is COC(=O)C1CC(c2ccc(N3C[C@H](CNC(C)=O)OC3=O)cc2)=CCN1C(=O)COC(C)=O. The Morgan fingerprint density at radius 3 is 2.47 bits per heavy atom. The van der Waals surface area contributed by atoms with Gasteiger partial charge in [0.05, 0.1) is 20.2 Å². The summed E-state index contributed by atoms with van der Waals surface area (Å²) in [5.41, 5.74) is 2.30. The second-order valence-corrected chi connectivity index (χ2v) is 7.90. The Balaban J connectivity index is 1.70. The van der Waals surface area contributed by atoms with Crippen molar-refractivity contribution >= 4 is 41.1 Å². The predicted octanol–water partition coefficient (Wildman–Crippen LogP) is 0.868. The first-order valence-electron chi connectivity index (χ1n) is 10.7. The molecule has 0 radical (unpaired) electrons. The second kappa shape index (κ2) is 10.8. The highest BCUT2D eigenvalue weighted by molar-refractivity contribution is 5.91. The standard InChI is InChI=1S/C23H27N3O8/c1-14(27)24-11-19-12-26(23(31)34-19)18-6-4-16(5-7-18)17-8-9-25(20(10-17)22(30)32-3)21(29)13-33-15(2)28/h4-8,19-20H,9-13H2,1-3H3,(H,24,27)/t19-,20?/m0/s1. The van der Waals surface area contributed by atoms with Gasteiger partial charge in [0.15, 0.2) is 6.61 Å². The average Bonchev–Trinajstić information content (AvgIpc) is 3.20. The summed E-state index contributed by atoms with van der Waals surface area (Å²) in [6, 6.07) is 6.32. The molecule has 1 aromatic carbocycles. The lowest BCUT2D eigenvalue weighted by molar-refractivity contribution is -0.157. The molecule has 0 aliphatic carbocycles. The van der Waals surface area contributed by atoms with E-state index >= 15 is 0 Å². The van der Waals surface area contributed by atoms with Gasteiger partial charge in [-0.2, -0.15) is 0 Å². The normalized spacial score (nSPS) is 19.7. The van der Waals surface area contributed by atoms with Crippen molar-refractivity contribution in [2.24, 2.45) is 0 Å². The number of anilines is 1. The second-order valence-electron chi connectivity index (χ2n) is 7.90. The maximum Gasteiger partial charge on any atom is 0.414 e. The predicted molar refractivity (Wildman–Crippen MR) is 119 cm³/mol. The third kappa shape index (κ3) is 5.91. The molecular formula is C23H27N3O8. The van der Waals surface area contributed by atoms with Crippen LogP contribution in [0.25, 0.3) is 5.57 Å². The number of methoxy groups -OCH3 is 1. The minimum absolute atomic E-state index is 0.153. The first-order valence-corrected chi connectivity index (χ1v) is 10.7. The highest BCUT2D eigenvalue weighted by Crippen LogP contribution is 2.30. The van der Waals surface area contributed by atoms with E-state index in [-0.39, 0.29) is 25.4 Å². The van der Waals surface area contributed by atoms with Gasteiger partial charge >= 0.3 is 18.0 Å². The van der Waals surface area contributed by atoms with E-state index in [2.05, 4.69) is 5.32 Å². The van der Waals surface area contributed by atoms with Crippen LogP contribution in [0.15, 0.2) is 30.3 Å². The minimum atomic E-state index is -0.851. The summed E-state index contributed by atoms with van der Waals surface area (Å²) >= 11 is 0. The van der Waals surface area contributed by atoms with Crippen LogP contribution in [0.2, 0.25) is 0 Å². The molecule has 182 valence electrons. The number of esters is 2. The monoisotopic (exact) mass is 473 g/mol. The number of carbonyl (C=O) groups is 5. The van der Waals surface area contributed by atoms with Crippen molar-refractivity contribution in [3.63, 3.8) is 0 Å². The van der Waals surface area contributed by atoms with Crippen molar-refractivity contribution in [1.29, 1.82) is 0 Å². The lowest BCUT2D eigenvalue weighted by Crippen LogP contribution is -2.49. The molecule has 1 aromatic rings. The summed E-state index contributed by atoms with van der Waals surface area (Å²) in [7, 11) is 1.25. The van der Waals surface area contributed by atoms with Crippen LogP contribution in [0.4, 0.5) is 10.5 Å². The van der Waals surface area contributed by atoms with Gasteiger partial charge in [0.25, 0.3) is 5.91 Å². The highest BCUT2D eigenvalue weighted by Gasteiger charge is 2.35. The van der Waals surface area contributed by atoms with E-state index in [1.165, 1.54) is 30.8 Å². The highest BCUT2D eigenvalue weighted by atomic mass is 16.6. The summed E-state index contributed by atoms with van der Waals surface area (Å²) in [6.07, 6.45) is 1.12. The van der Waals surface area contributed by atoms with E-state index in [0.717, 1.165) is 11.1 Å². The van der Waals surface area contributed by atoms with Gasteiger partial charge in [-0.1, -0.05) is 18.2 Å². The third-order valence-electron chi connectivity index (χ3n) is 5.52. The van der Waals surface area contributed by atoms with Gasteiger partial charge in [-0.05, 0) is 23.3 Å². The Hall–Kier alpha value is -3.89. The van der Waals surface area contributed by atoms with Crippen LogP contribution in [-0.2, 0) is 33.4 Å². The van der Waals surface area contributed by atoms with Crippen molar-refractivity contribution in [2.75, 3.05) is 38.3 Å². The van der Waals surface area contributed by atoms with E-state index in [9.17, 15) is 24.0 Å². The first kappa shape index (κ1) is 24.7. The molecule has 1 fully saturated rings. The molecule has 2 aliphatic heterocycles. The van der Waals surface area contributed by atoms with E-state index < -0.39 is 42.7 Å². The van der Waals surface area contributed by atoms with E-state index in [1.807, 2.05) is 18.2 Å². The number of hydrogen-bond acceptors (Lipinski definition) is 8. The van der Waals surface area contributed by atoms with Crippen LogP contribution in [-0.4, -0.2) is 80.2 Å². The fourth-order valence-corrected chi connectivity index (χ4v) is 3.79. The molecule has 0 spiro atoms. The molecule has 0 aromatic heterocycles. The molecule has 1 saturated heterocycles. The summed E-state index contributed by atoms with van der Waals surface area (Å²) in [5, 5.41) is 2.63. The Kier molecular flexibility index (Phi) is 7.87. The van der Waals surface area contributed by atoms with E-state index in [0.29, 0.717) is 12.2 Å². The molecule has 34 heavy (non-hydrogen) atoms. The number of amides is 3. The van der Waals surface area contributed by atoms with Gasteiger partial charge in [0.2, 0.25) is 5.91 Å². The van der Waals surface area contributed by atoms with Crippen molar-refractivity contribution in [1.82, 2.24) is 10.2 Å². The number of nitrogens with one attached hydrogen (secondary N) is 1. The molecule has 3 rings (SSSR count). The maximum absolute atomic E-state index is 12.4. The Morgan fingerprint density at radius 1 is 1.15 bits per heavy atom. The molecule has 1 unspecified atom stereocenters. The van der Waals surface area contributed by atoms with Crippen LogP contribution in [0.1, 0.15) is 25.8 Å². The number of benzene rings is 1. The molecule has 11 nitrogen and oxygen atoms in total. The van der Waals surface area contributed by atoms with Crippen LogP contribution in [0.3, 0.4) is 0 Å². The maximum atomic E-state index is 12.4. The van der Waals surface area contributed by atoms with E-state index in [1.54, 1.807) is 12.1 Å². The number of rotatable bonds is 7. The lowest BCUT2D eigenvalue weighted by atomic mass is 9.93. The molecule has 2 aliphatic rings. The molecule has 1 N–H and O–H groups in total. The van der Waals surface area contributed by atoms with Gasteiger partial charge in [-0.25, -0.2) is 9.59 Å². The summed E-state index contributed by atoms with van der Waals surface area (Å²) < 4.78 is 14.9. The van der Waals surface area contributed by atoms with Gasteiger partial charge < -0.3 is 24.4 Å². The minimum Gasteiger partial charge on any atom is -0.467 e. The fourth-order valence-electron chi connectivity index (χ4n) is 3.79. The van der Waals surface area contributed by atoms with Crippen molar-refractivity contribution in [3.05, 3.63) is 35.9 Å². The summed E-state index contributed by atoms with van der Waals surface area (Å²) in [6.45, 7) is 2.85. The van der Waals surface area contributed by atoms with Crippen LogP contribution in [0.5, 0.6) is 0 Å².